The van der Waals surface area contributed by atoms with Crippen LogP contribution in [0.15, 0.2) is 30.5 Å². The third kappa shape index (κ3) is 4.56. The van der Waals surface area contributed by atoms with Gasteiger partial charge in [-0.15, -0.1) is 6.42 Å². The molecule has 8 rings (SSSR count). The molecular weight excluding hydrogens is 640 g/mol. The Morgan fingerprint density at radius 3 is 2.91 bits per heavy atom. The molecule has 2 unspecified atom stereocenters. The van der Waals surface area contributed by atoms with Crippen molar-refractivity contribution >= 4 is 56.4 Å². The molecule has 3 aliphatic heterocycles. The van der Waals surface area contributed by atoms with Crippen molar-refractivity contribution in [3.63, 3.8) is 0 Å². The second kappa shape index (κ2) is 10.7. The summed E-state index contributed by atoms with van der Waals surface area (Å²) < 4.78 is 75.1. The van der Waals surface area contributed by atoms with E-state index >= 15 is 4.39 Å². The Kier molecular flexibility index (Phi) is 6.43. The molecule has 0 radical (unpaired) electrons. The fourth-order valence-corrected chi connectivity index (χ4v) is 8.19. The lowest BCUT2D eigenvalue weighted by Gasteiger charge is -2.31. The zero-order valence-electron chi connectivity index (χ0n) is 26.4. The molecule has 4 aromatic rings. The average molecular weight is 672 g/mol. The van der Waals surface area contributed by atoms with E-state index in [2.05, 4.69) is 20.9 Å². The molecular formula is C33H29Cl2F3N6O2. The Balaban J connectivity index is 1.33. The summed E-state index contributed by atoms with van der Waals surface area (Å²) in [5.41, 5.74) is 4.79. The van der Waals surface area contributed by atoms with E-state index in [9.17, 15) is 8.78 Å². The quantitative estimate of drug-likeness (QED) is 0.166. The number of rotatable bonds is 5. The van der Waals surface area contributed by atoms with Gasteiger partial charge in [-0.25, -0.2) is 13.2 Å². The van der Waals surface area contributed by atoms with E-state index in [1.165, 1.54) is 24.4 Å². The SMILES string of the molecule is [2H]C([2H])(Oc1nc(N2CCOCC3C2C3(Cl)Cl)c2cnc(-c3cc(N)cc4ccc(F)c(C#C)c34)c(F)c2n1)[C@@]12CCCN1C[C@H](F)C2. The lowest BCUT2D eigenvalue weighted by molar-refractivity contribution is 0.107. The van der Waals surface area contributed by atoms with E-state index in [0.29, 0.717) is 38.0 Å². The highest BCUT2D eigenvalue weighted by Gasteiger charge is 2.67. The predicted octanol–water partition coefficient (Wildman–Crippen LogP) is 5.65. The molecule has 0 bridgehead atoms. The van der Waals surface area contributed by atoms with Crippen molar-refractivity contribution < 1.29 is 25.4 Å². The monoisotopic (exact) mass is 670 g/mol. The molecule has 46 heavy (non-hydrogen) atoms. The number of terminal acetylenes is 1. The van der Waals surface area contributed by atoms with Gasteiger partial charge in [0.05, 0.1) is 38.5 Å². The summed E-state index contributed by atoms with van der Waals surface area (Å²) in [4.78, 5) is 17.0. The van der Waals surface area contributed by atoms with Crippen LogP contribution in [0, 0.1) is 29.9 Å². The van der Waals surface area contributed by atoms with Crippen molar-refractivity contribution in [2.75, 3.05) is 50.0 Å². The summed E-state index contributed by atoms with van der Waals surface area (Å²) in [5.74, 6) is 0.648. The van der Waals surface area contributed by atoms with Crippen molar-refractivity contribution in [2.24, 2.45) is 5.92 Å². The normalized spacial score (nSPS) is 27.9. The Hall–Kier alpha value is -3.56. The lowest BCUT2D eigenvalue weighted by Crippen LogP contribution is -2.43. The Morgan fingerprint density at radius 2 is 2.09 bits per heavy atom. The molecule has 1 aliphatic carbocycles. The maximum Gasteiger partial charge on any atom is 0.319 e. The first-order chi connectivity index (χ1) is 22.9. The highest BCUT2D eigenvalue weighted by Crippen LogP contribution is 2.58. The third-order valence-corrected chi connectivity index (χ3v) is 10.6. The van der Waals surface area contributed by atoms with Gasteiger partial charge in [0, 0.05) is 48.3 Å². The highest BCUT2D eigenvalue weighted by atomic mass is 35.5. The molecule has 1 saturated carbocycles. The fourth-order valence-electron chi connectivity index (χ4n) is 7.41. The second-order valence-electron chi connectivity index (χ2n) is 12.3. The van der Waals surface area contributed by atoms with E-state index in [1.807, 2.05) is 0 Å². The van der Waals surface area contributed by atoms with Crippen LogP contribution in [0.2, 0.25) is 0 Å². The van der Waals surface area contributed by atoms with E-state index in [1.54, 1.807) is 15.9 Å². The average Bonchev–Trinajstić information content (AvgIpc) is 3.21. The van der Waals surface area contributed by atoms with Gasteiger partial charge in [0.15, 0.2) is 5.82 Å². The summed E-state index contributed by atoms with van der Waals surface area (Å²) in [7, 11) is 0. The minimum atomic E-state index is -2.45. The maximum atomic E-state index is 17.0. The highest BCUT2D eigenvalue weighted by molar-refractivity contribution is 6.52. The number of aromatic nitrogens is 3. The number of nitrogens with two attached hydrogens (primary N) is 1. The number of anilines is 2. The molecule has 5 heterocycles. The van der Waals surface area contributed by atoms with E-state index in [4.69, 9.17) is 47.6 Å². The number of nitrogen functional groups attached to an aromatic ring is 1. The van der Waals surface area contributed by atoms with Crippen LogP contribution < -0.4 is 15.4 Å². The molecule has 13 heteroatoms. The first-order valence-electron chi connectivity index (χ1n) is 16.0. The number of hydrogen-bond donors (Lipinski definition) is 1. The number of benzene rings is 2. The molecule has 2 aromatic carbocycles. The van der Waals surface area contributed by atoms with Gasteiger partial charge < -0.3 is 20.1 Å². The maximum absolute atomic E-state index is 17.0. The molecule has 238 valence electrons. The molecule has 2 N–H and O–H groups in total. The third-order valence-electron chi connectivity index (χ3n) is 9.61. The van der Waals surface area contributed by atoms with Gasteiger partial charge in [-0.1, -0.05) is 35.2 Å². The van der Waals surface area contributed by atoms with Crippen LogP contribution >= 0.6 is 23.2 Å². The Bertz CT molecular complexity index is 2050. The molecule has 0 spiro atoms. The topological polar surface area (TPSA) is 89.6 Å². The van der Waals surface area contributed by atoms with Crippen LogP contribution in [0.5, 0.6) is 6.01 Å². The van der Waals surface area contributed by atoms with E-state index < -0.39 is 46.3 Å². The fraction of sp³-hybridized carbons (Fsp3) is 0.424. The summed E-state index contributed by atoms with van der Waals surface area (Å²) in [6, 6.07) is 4.84. The number of ether oxygens (including phenoxy) is 2. The first kappa shape index (κ1) is 27.5. The zero-order chi connectivity index (χ0) is 33.7. The van der Waals surface area contributed by atoms with E-state index in [-0.39, 0.29) is 70.0 Å². The van der Waals surface area contributed by atoms with Crippen molar-refractivity contribution in [2.45, 2.75) is 41.3 Å². The van der Waals surface area contributed by atoms with Crippen LogP contribution in [-0.2, 0) is 4.74 Å². The van der Waals surface area contributed by atoms with Gasteiger partial charge in [0.1, 0.15) is 39.9 Å². The number of pyridine rings is 1. The van der Waals surface area contributed by atoms with Crippen molar-refractivity contribution in [1.82, 2.24) is 19.9 Å². The number of nitrogens with zero attached hydrogens (tertiary/aromatic N) is 5. The van der Waals surface area contributed by atoms with Crippen LogP contribution in [0.1, 0.15) is 27.6 Å². The smallest absolute Gasteiger partial charge is 0.319 e. The second-order valence-corrected chi connectivity index (χ2v) is 13.8. The van der Waals surface area contributed by atoms with Gasteiger partial charge in [-0.2, -0.15) is 9.97 Å². The van der Waals surface area contributed by atoms with Gasteiger partial charge >= 0.3 is 6.01 Å². The predicted molar refractivity (Wildman–Crippen MR) is 171 cm³/mol. The summed E-state index contributed by atoms with van der Waals surface area (Å²) in [6.45, 7) is -0.962. The van der Waals surface area contributed by atoms with Crippen LogP contribution in [0.3, 0.4) is 0 Å². The number of alkyl halides is 3. The standard InChI is InChI=1S/C33H29Cl2F3N6O2/c1-2-20-24(37)5-4-17-10-19(39)11-21(25(17)20)27-26(38)28-22(13-40-27)30(44-8-9-45-15-23-29(44)33(23,34)35)42-31(41-28)46-16-32-6-3-7-43(32)14-18(36)12-32/h1,4-5,10-11,13,18,23,29H,3,6-9,12,14-16,39H2/t18-,23?,29?,32+/m1/s1/i16D2. The molecule has 2 aromatic heterocycles. The van der Waals surface area contributed by atoms with E-state index in [0.717, 1.165) is 0 Å². The summed E-state index contributed by atoms with van der Waals surface area (Å²) in [6.07, 6.45) is 6.82. The molecule has 4 aliphatic rings. The number of fused-ring (bicyclic) bond motifs is 4. The zero-order valence-corrected chi connectivity index (χ0v) is 25.9. The van der Waals surface area contributed by atoms with Gasteiger partial charge in [-0.05, 0) is 43.0 Å². The number of hydrogen-bond acceptors (Lipinski definition) is 8. The summed E-state index contributed by atoms with van der Waals surface area (Å²) >= 11 is 13.3. The minimum absolute atomic E-state index is 0.0618. The molecule has 8 nitrogen and oxygen atoms in total. The van der Waals surface area contributed by atoms with Crippen LogP contribution in [-0.4, -0.2) is 81.3 Å². The van der Waals surface area contributed by atoms with Gasteiger partial charge in [0.2, 0.25) is 0 Å². The molecule has 3 saturated heterocycles. The molecule has 4 fully saturated rings. The largest absolute Gasteiger partial charge is 0.461 e. The van der Waals surface area contributed by atoms with Crippen molar-refractivity contribution in [1.29, 1.82) is 0 Å². The number of halogens is 5. The molecule has 4 atom stereocenters. The first-order valence-corrected chi connectivity index (χ1v) is 15.8. The Morgan fingerprint density at radius 1 is 1.24 bits per heavy atom. The Labute approximate surface area is 275 Å². The minimum Gasteiger partial charge on any atom is -0.461 e. The molecule has 0 amide bonds. The lowest BCUT2D eigenvalue weighted by atomic mass is 9.95. The van der Waals surface area contributed by atoms with Crippen LogP contribution in [0.25, 0.3) is 32.9 Å². The van der Waals surface area contributed by atoms with Gasteiger partial charge in [-0.3, -0.25) is 9.88 Å². The summed E-state index contributed by atoms with van der Waals surface area (Å²) in [5, 5.41) is 0.888. The van der Waals surface area contributed by atoms with Crippen molar-refractivity contribution in [3.8, 4) is 29.6 Å². The van der Waals surface area contributed by atoms with Crippen molar-refractivity contribution in [3.05, 3.63) is 47.7 Å². The van der Waals surface area contributed by atoms with Gasteiger partial charge in [0.25, 0.3) is 0 Å². The van der Waals surface area contributed by atoms with Crippen LogP contribution in [0.4, 0.5) is 24.7 Å².